The zero-order valence-corrected chi connectivity index (χ0v) is 18.8. The first-order chi connectivity index (χ1) is 14.9. The molecule has 1 spiro atoms. The lowest BCUT2D eigenvalue weighted by atomic mass is 9.57. The maximum Gasteiger partial charge on any atom is 0.305 e. The van der Waals surface area contributed by atoms with Crippen LogP contribution in [-0.4, -0.2) is 44.6 Å². The predicted octanol–water partition coefficient (Wildman–Crippen LogP) is 2.84. The first-order valence-corrected chi connectivity index (χ1v) is 13.1. The van der Waals surface area contributed by atoms with Gasteiger partial charge in [0.1, 0.15) is 0 Å². The number of nitrogens with zero attached hydrogens (tertiary/aromatic N) is 1. The lowest BCUT2D eigenvalue weighted by Gasteiger charge is -2.52. The largest absolute Gasteiger partial charge is 0.481 e. The van der Waals surface area contributed by atoms with Gasteiger partial charge in [0.2, 0.25) is 11.8 Å². The highest BCUT2D eigenvalue weighted by molar-refractivity contribution is 8.00. The van der Waals surface area contributed by atoms with Crippen molar-refractivity contribution in [1.29, 1.82) is 0 Å². The Labute approximate surface area is 188 Å². The van der Waals surface area contributed by atoms with Gasteiger partial charge in [-0.25, -0.2) is 0 Å². The molecule has 9 heteroatoms. The highest BCUT2D eigenvalue weighted by atomic mass is 32.2. The molecule has 1 saturated heterocycles. The van der Waals surface area contributed by atoms with Crippen LogP contribution >= 0.6 is 23.1 Å². The second-order valence-corrected chi connectivity index (χ2v) is 12.1. The van der Waals surface area contributed by atoms with Crippen molar-refractivity contribution in [2.75, 3.05) is 6.54 Å². The van der Waals surface area contributed by atoms with Crippen LogP contribution in [0.2, 0.25) is 0 Å². The number of hydrogen-bond donors (Lipinski definition) is 2. The molecule has 2 bridgehead atoms. The summed E-state index contributed by atoms with van der Waals surface area (Å²) in [6.07, 6.45) is 6.87. The number of amides is 2. The Morgan fingerprint density at radius 3 is 2.52 bits per heavy atom. The summed E-state index contributed by atoms with van der Waals surface area (Å²) in [4.78, 5) is 55.4. The molecule has 3 saturated carbocycles. The Bertz CT molecular complexity index is 1030. The Morgan fingerprint density at radius 1 is 1.10 bits per heavy atom. The van der Waals surface area contributed by atoms with Gasteiger partial charge in [-0.15, -0.1) is 11.8 Å². The highest BCUT2D eigenvalue weighted by Gasteiger charge is 2.71. The molecule has 5 aliphatic rings. The first-order valence-electron chi connectivity index (χ1n) is 11.4. The number of carbonyl (C=O) groups is 3. The third-order valence-corrected chi connectivity index (χ3v) is 11.4. The van der Waals surface area contributed by atoms with Crippen molar-refractivity contribution in [2.24, 2.45) is 29.6 Å². The van der Waals surface area contributed by atoms with Crippen LogP contribution in [0.4, 0.5) is 0 Å². The number of carboxylic acid groups (broad SMARTS) is 1. The molecule has 2 aliphatic heterocycles. The van der Waals surface area contributed by atoms with Crippen LogP contribution in [0.25, 0.3) is 0 Å². The van der Waals surface area contributed by atoms with Gasteiger partial charge in [0.05, 0.1) is 16.9 Å². The number of carboxylic acids is 1. The molecule has 166 valence electrons. The number of H-pyrrole nitrogens is 1. The molecule has 7 nitrogen and oxygen atoms in total. The molecule has 1 aromatic rings. The fraction of sp³-hybridized carbons (Fsp3) is 0.727. The summed E-state index contributed by atoms with van der Waals surface area (Å²) >= 11 is 3.11. The molecule has 2 N–H and O–H groups in total. The molecule has 0 unspecified atom stereocenters. The monoisotopic (exact) mass is 462 g/mol. The van der Waals surface area contributed by atoms with E-state index in [1.807, 2.05) is 0 Å². The maximum atomic E-state index is 13.4. The van der Waals surface area contributed by atoms with E-state index in [0.717, 1.165) is 37.1 Å². The van der Waals surface area contributed by atoms with E-state index in [9.17, 15) is 19.2 Å². The van der Waals surface area contributed by atoms with E-state index in [1.165, 1.54) is 27.5 Å². The van der Waals surface area contributed by atoms with Crippen molar-refractivity contribution in [3.05, 3.63) is 14.5 Å². The Morgan fingerprint density at radius 2 is 1.81 bits per heavy atom. The van der Waals surface area contributed by atoms with Crippen LogP contribution < -0.4 is 4.87 Å². The van der Waals surface area contributed by atoms with Gasteiger partial charge in [-0.2, -0.15) is 0 Å². The summed E-state index contributed by atoms with van der Waals surface area (Å²) in [5, 5.41) is 10.2. The molecule has 6 atom stereocenters. The first kappa shape index (κ1) is 20.0. The fourth-order valence-electron chi connectivity index (χ4n) is 7.75. The number of thioether (sulfide) groups is 1. The van der Waals surface area contributed by atoms with Crippen molar-refractivity contribution in [2.45, 2.75) is 67.1 Å². The smallest absolute Gasteiger partial charge is 0.305 e. The van der Waals surface area contributed by atoms with Gasteiger partial charge in [0.15, 0.2) is 0 Å². The molecular weight excluding hydrogens is 436 g/mol. The molecule has 31 heavy (non-hydrogen) atoms. The minimum Gasteiger partial charge on any atom is -0.481 e. The molecule has 1 aromatic heterocycles. The summed E-state index contributed by atoms with van der Waals surface area (Å²) in [5.41, 5.74) is -0.0300. The quantitative estimate of drug-likeness (QED) is 0.667. The van der Waals surface area contributed by atoms with E-state index in [1.54, 1.807) is 11.8 Å². The molecule has 3 heterocycles. The molecule has 2 amide bonds. The van der Waals surface area contributed by atoms with Gasteiger partial charge in [0.25, 0.3) is 0 Å². The number of hydrogen-bond acceptors (Lipinski definition) is 6. The topological polar surface area (TPSA) is 108 Å². The number of likely N-dealkylation sites (tertiary alicyclic amines) is 1. The molecule has 0 radical (unpaired) electrons. The zero-order valence-electron chi connectivity index (χ0n) is 17.2. The van der Waals surface area contributed by atoms with Crippen LogP contribution in [0.3, 0.4) is 0 Å². The average Bonchev–Trinajstić information content (AvgIpc) is 3.46. The van der Waals surface area contributed by atoms with Crippen molar-refractivity contribution >= 4 is 40.9 Å². The number of nitrogens with one attached hydrogen (secondary N) is 1. The van der Waals surface area contributed by atoms with Gasteiger partial charge < -0.3 is 10.1 Å². The minimum atomic E-state index is -0.902. The predicted molar refractivity (Wildman–Crippen MR) is 115 cm³/mol. The fourth-order valence-corrected chi connectivity index (χ4v) is 10.9. The number of imide groups is 1. The summed E-state index contributed by atoms with van der Waals surface area (Å²) in [6, 6.07) is 0. The van der Waals surface area contributed by atoms with Crippen molar-refractivity contribution in [3.63, 3.8) is 0 Å². The number of carbonyl (C=O) groups excluding carboxylic acids is 2. The summed E-state index contributed by atoms with van der Waals surface area (Å²) < 4.78 is 0. The maximum absolute atomic E-state index is 13.4. The number of fused-ring (bicyclic) bond motifs is 11. The Kier molecular flexibility index (Phi) is 4.49. The SMILES string of the molecule is O=C(O)CCCN1C(=O)[C@@H]2[C@H]3C[C@@H]([C@@H]2C1=O)[C@H]1[C@@H]3Sc2[nH]c(=O)sc2C12CCCCC2. The van der Waals surface area contributed by atoms with Crippen molar-refractivity contribution in [3.8, 4) is 0 Å². The van der Waals surface area contributed by atoms with Gasteiger partial charge >= 0.3 is 10.8 Å². The van der Waals surface area contributed by atoms with Crippen LogP contribution in [0.15, 0.2) is 9.82 Å². The van der Waals surface area contributed by atoms with Crippen LogP contribution in [0, 0.1) is 29.6 Å². The van der Waals surface area contributed by atoms with E-state index in [4.69, 9.17) is 5.11 Å². The molecule has 0 aromatic carbocycles. The van der Waals surface area contributed by atoms with Gasteiger partial charge in [-0.1, -0.05) is 30.6 Å². The Hall–Kier alpha value is -1.61. The van der Waals surface area contributed by atoms with E-state index in [-0.39, 0.29) is 64.0 Å². The molecule has 3 aliphatic carbocycles. The van der Waals surface area contributed by atoms with Gasteiger partial charge in [-0.3, -0.25) is 24.1 Å². The summed E-state index contributed by atoms with van der Waals surface area (Å²) in [6.45, 7) is 0.213. The van der Waals surface area contributed by atoms with Crippen molar-refractivity contribution in [1.82, 2.24) is 9.88 Å². The Balaban J connectivity index is 1.36. The van der Waals surface area contributed by atoms with E-state index < -0.39 is 5.97 Å². The molecule has 6 rings (SSSR count). The summed E-state index contributed by atoms with van der Waals surface area (Å²) in [5.74, 6) is -0.869. The zero-order chi connectivity index (χ0) is 21.5. The van der Waals surface area contributed by atoms with Gasteiger partial charge in [0, 0.05) is 28.5 Å². The third kappa shape index (κ3) is 2.65. The van der Waals surface area contributed by atoms with Gasteiger partial charge in [-0.05, 0) is 43.4 Å². The van der Waals surface area contributed by atoms with Crippen LogP contribution in [-0.2, 0) is 19.8 Å². The number of rotatable bonds is 4. The minimum absolute atomic E-state index is 0.00622. The third-order valence-electron chi connectivity index (χ3n) is 8.67. The molecular formula is C22H26N2O5S2. The normalized spacial score (nSPS) is 37.2. The second kappa shape index (κ2) is 6.94. The van der Waals surface area contributed by atoms with E-state index in [2.05, 4.69) is 4.98 Å². The lowest BCUT2D eigenvalue weighted by molar-refractivity contribution is -0.142. The standard InChI is InChI=1S/C22H26N2O5S2/c25-12(26)5-4-8-24-19(27)13-10-9-11(14(13)20(24)28)16-15(10)22(6-2-1-3-7-22)17-18(30-16)23-21(29)31-17/h10-11,13-16H,1-9H2,(H,23,29)(H,25,26)/t10-,11+,13-,14+,15-,16+/m0/s1. The van der Waals surface area contributed by atoms with E-state index in [0.29, 0.717) is 12.3 Å². The highest BCUT2D eigenvalue weighted by Crippen LogP contribution is 2.71. The van der Waals surface area contributed by atoms with Crippen LogP contribution in [0.1, 0.15) is 56.2 Å². The summed E-state index contributed by atoms with van der Waals surface area (Å²) in [7, 11) is 0. The number of aliphatic carboxylic acids is 1. The van der Waals surface area contributed by atoms with Crippen LogP contribution in [0.5, 0.6) is 0 Å². The average molecular weight is 463 g/mol. The number of thiazole rings is 1. The number of aromatic nitrogens is 1. The van der Waals surface area contributed by atoms with Crippen molar-refractivity contribution < 1.29 is 19.5 Å². The molecule has 4 fully saturated rings. The van der Waals surface area contributed by atoms with E-state index >= 15 is 0 Å². The lowest BCUT2D eigenvalue weighted by Crippen LogP contribution is -2.51. The second-order valence-electron chi connectivity index (χ2n) is 9.94. The number of aromatic amines is 1.